The first kappa shape index (κ1) is 20.6. The van der Waals surface area contributed by atoms with Crippen molar-refractivity contribution in [1.29, 1.82) is 0 Å². The number of hydrogen-bond donors (Lipinski definition) is 1. The molecule has 6 rings (SSSR count). The monoisotopic (exact) mass is 456 g/mol. The Morgan fingerprint density at radius 2 is 1.68 bits per heavy atom. The van der Waals surface area contributed by atoms with E-state index in [9.17, 15) is 13.6 Å². The van der Waals surface area contributed by atoms with Gasteiger partial charge in [0.1, 0.15) is 11.4 Å². The molecule has 7 heteroatoms. The number of hydrogen-bond acceptors (Lipinski definition) is 3. The van der Waals surface area contributed by atoms with Crippen molar-refractivity contribution in [2.24, 2.45) is 0 Å². The van der Waals surface area contributed by atoms with Crippen LogP contribution >= 0.6 is 0 Å². The quantitative estimate of drug-likeness (QED) is 0.381. The van der Waals surface area contributed by atoms with E-state index in [0.29, 0.717) is 28.3 Å². The number of nitrogens with one attached hydrogen (secondary N) is 1. The lowest BCUT2D eigenvalue weighted by Crippen LogP contribution is -2.26. The molecule has 3 heterocycles. The number of fused-ring (bicyclic) bond motifs is 2. The predicted octanol–water partition coefficient (Wildman–Crippen LogP) is 5.66. The maximum atomic E-state index is 14.2. The van der Waals surface area contributed by atoms with Gasteiger partial charge in [-0.25, -0.2) is 8.78 Å². The maximum Gasteiger partial charge on any atom is 0.282 e. The molecule has 1 saturated heterocycles. The van der Waals surface area contributed by atoms with Crippen LogP contribution in [0, 0.1) is 6.92 Å². The van der Waals surface area contributed by atoms with Crippen LogP contribution in [0.25, 0.3) is 38.8 Å². The van der Waals surface area contributed by atoms with Crippen molar-refractivity contribution in [3.8, 4) is 22.4 Å². The first-order chi connectivity index (χ1) is 16.4. The van der Waals surface area contributed by atoms with Gasteiger partial charge < -0.3 is 9.88 Å². The van der Waals surface area contributed by atoms with Crippen LogP contribution in [0.4, 0.5) is 14.5 Å². The zero-order chi connectivity index (χ0) is 23.4. The molecule has 1 aliphatic rings. The van der Waals surface area contributed by atoms with Crippen LogP contribution in [0.3, 0.4) is 0 Å². The van der Waals surface area contributed by atoms with E-state index in [4.69, 9.17) is 0 Å². The molecule has 3 aromatic carbocycles. The molecule has 1 aliphatic heterocycles. The Balaban J connectivity index is 1.60. The number of aryl methyl sites for hydroxylation is 1. The van der Waals surface area contributed by atoms with Gasteiger partial charge in [-0.3, -0.25) is 4.79 Å². The molecule has 5 aromatic rings. The highest BCUT2D eigenvalue weighted by Gasteiger charge is 2.40. The van der Waals surface area contributed by atoms with Crippen molar-refractivity contribution in [2.75, 3.05) is 18.0 Å². The molecule has 2 aromatic heterocycles. The first-order valence-corrected chi connectivity index (χ1v) is 11.2. The van der Waals surface area contributed by atoms with Gasteiger partial charge in [0.2, 0.25) is 0 Å². The molecule has 0 atom stereocenters. The topological polar surface area (TPSA) is 53.4 Å². The second-order valence-electron chi connectivity index (χ2n) is 8.84. The highest BCUT2D eigenvalue weighted by Crippen LogP contribution is 2.39. The predicted molar refractivity (Wildman–Crippen MR) is 131 cm³/mol. The highest BCUT2D eigenvalue weighted by atomic mass is 19.3. The summed E-state index contributed by atoms with van der Waals surface area (Å²) in [5, 5.41) is 6.77. The minimum atomic E-state index is -2.78. The van der Waals surface area contributed by atoms with Crippen molar-refractivity contribution in [3.05, 3.63) is 88.8 Å². The summed E-state index contributed by atoms with van der Waals surface area (Å²) in [5.74, 6) is -2.78. The van der Waals surface area contributed by atoms with Crippen LogP contribution in [0.2, 0.25) is 0 Å². The van der Waals surface area contributed by atoms with Crippen molar-refractivity contribution in [1.82, 2.24) is 14.6 Å². The number of halogens is 2. The average molecular weight is 456 g/mol. The molecule has 170 valence electrons. The van der Waals surface area contributed by atoms with Crippen LogP contribution in [0.5, 0.6) is 0 Å². The molecular formula is C27H22F2N4O. The first-order valence-electron chi connectivity index (χ1n) is 11.2. The molecule has 1 N–H and O–H groups in total. The van der Waals surface area contributed by atoms with Crippen LogP contribution < -0.4 is 10.5 Å². The lowest BCUT2D eigenvalue weighted by atomic mass is 10.0. The van der Waals surface area contributed by atoms with Gasteiger partial charge in [-0.05, 0) is 29.3 Å². The molecular weight excluding hydrogens is 434 g/mol. The Morgan fingerprint density at radius 1 is 0.941 bits per heavy atom. The number of alkyl halides is 2. The molecule has 0 unspecified atom stereocenters. The SMILES string of the molecule is Cc1[nH]c2c(N3CCC(F)(F)C3)c(-c3ccccc3)nn2c(=O)c1-c1ccc2ccccc2c1. The fourth-order valence-corrected chi connectivity index (χ4v) is 4.88. The van der Waals surface area contributed by atoms with Gasteiger partial charge in [0.25, 0.3) is 11.5 Å². The van der Waals surface area contributed by atoms with E-state index >= 15 is 0 Å². The third-order valence-corrected chi connectivity index (χ3v) is 6.52. The maximum absolute atomic E-state index is 14.2. The molecule has 34 heavy (non-hydrogen) atoms. The number of benzene rings is 3. The van der Waals surface area contributed by atoms with Crippen molar-refractivity contribution in [3.63, 3.8) is 0 Å². The van der Waals surface area contributed by atoms with E-state index in [1.54, 1.807) is 4.90 Å². The summed E-state index contributed by atoms with van der Waals surface area (Å²) in [4.78, 5) is 18.7. The Morgan fingerprint density at radius 3 is 2.41 bits per heavy atom. The fourth-order valence-electron chi connectivity index (χ4n) is 4.88. The van der Waals surface area contributed by atoms with Gasteiger partial charge in [-0.15, -0.1) is 0 Å². The van der Waals surface area contributed by atoms with E-state index < -0.39 is 12.5 Å². The number of H-pyrrole nitrogens is 1. The number of aromatic amines is 1. The average Bonchev–Trinajstić information content (AvgIpc) is 3.39. The van der Waals surface area contributed by atoms with Gasteiger partial charge in [-0.2, -0.15) is 9.61 Å². The molecule has 0 bridgehead atoms. The fraction of sp³-hybridized carbons (Fsp3) is 0.185. The summed E-state index contributed by atoms with van der Waals surface area (Å²) in [6.07, 6.45) is -0.225. The second-order valence-corrected chi connectivity index (χ2v) is 8.84. The summed E-state index contributed by atoms with van der Waals surface area (Å²) in [6.45, 7) is 1.63. The lowest BCUT2D eigenvalue weighted by molar-refractivity contribution is 0.0257. The van der Waals surface area contributed by atoms with Crippen molar-refractivity contribution >= 4 is 22.1 Å². The van der Waals surface area contributed by atoms with E-state index in [1.807, 2.05) is 79.7 Å². The normalized spacial score (nSPS) is 15.4. The lowest BCUT2D eigenvalue weighted by Gasteiger charge is -2.19. The molecule has 0 aliphatic carbocycles. The van der Waals surface area contributed by atoms with Crippen LogP contribution in [-0.2, 0) is 0 Å². The highest BCUT2D eigenvalue weighted by molar-refractivity contribution is 5.89. The van der Waals surface area contributed by atoms with Crippen LogP contribution in [0.1, 0.15) is 12.1 Å². The summed E-state index contributed by atoms with van der Waals surface area (Å²) in [6, 6.07) is 23.3. The van der Waals surface area contributed by atoms with E-state index in [2.05, 4.69) is 10.1 Å². The van der Waals surface area contributed by atoms with E-state index in [1.165, 1.54) is 4.52 Å². The Kier molecular flexibility index (Phi) is 4.55. The zero-order valence-corrected chi connectivity index (χ0v) is 18.6. The summed E-state index contributed by atoms with van der Waals surface area (Å²) >= 11 is 0. The van der Waals surface area contributed by atoms with Gasteiger partial charge >= 0.3 is 0 Å². The van der Waals surface area contributed by atoms with Gasteiger partial charge in [0, 0.05) is 24.2 Å². The van der Waals surface area contributed by atoms with Crippen molar-refractivity contribution < 1.29 is 8.78 Å². The zero-order valence-electron chi connectivity index (χ0n) is 18.6. The minimum absolute atomic E-state index is 0.196. The third kappa shape index (κ3) is 3.27. The minimum Gasteiger partial charge on any atom is -0.360 e. The second kappa shape index (κ2) is 7.52. The molecule has 0 spiro atoms. The number of anilines is 1. The van der Waals surface area contributed by atoms with Crippen molar-refractivity contribution in [2.45, 2.75) is 19.3 Å². The molecule has 5 nitrogen and oxygen atoms in total. The Labute approximate surface area is 194 Å². The summed E-state index contributed by atoms with van der Waals surface area (Å²) in [5.41, 5.74) is 3.94. The number of rotatable bonds is 3. The van der Waals surface area contributed by atoms with Gasteiger partial charge in [0.05, 0.1) is 12.1 Å². The molecule has 0 saturated carbocycles. The van der Waals surface area contributed by atoms with Crippen LogP contribution in [-0.4, -0.2) is 33.6 Å². The molecule has 1 fully saturated rings. The largest absolute Gasteiger partial charge is 0.360 e. The number of nitrogens with zero attached hydrogens (tertiary/aromatic N) is 3. The smallest absolute Gasteiger partial charge is 0.282 e. The summed E-state index contributed by atoms with van der Waals surface area (Å²) in [7, 11) is 0. The number of aromatic nitrogens is 3. The Hall–Kier alpha value is -4.00. The Bertz CT molecular complexity index is 1600. The van der Waals surface area contributed by atoms with Crippen LogP contribution in [0.15, 0.2) is 77.6 Å². The van der Waals surface area contributed by atoms with E-state index in [-0.39, 0.29) is 18.5 Å². The standard InChI is InChI=1S/C27H22F2N4O/c1-17-22(21-12-11-18-7-5-6-10-20(18)15-21)26(34)33-25(30-17)24(32-14-13-27(28,29)16-32)23(31-33)19-8-3-2-4-9-19/h2-12,15,30H,13-14,16H2,1H3. The summed E-state index contributed by atoms with van der Waals surface area (Å²) < 4.78 is 29.6. The molecule has 0 radical (unpaired) electrons. The molecule has 0 amide bonds. The van der Waals surface area contributed by atoms with Gasteiger partial charge in [-0.1, -0.05) is 66.7 Å². The van der Waals surface area contributed by atoms with E-state index in [0.717, 1.165) is 21.9 Å². The van der Waals surface area contributed by atoms with Gasteiger partial charge in [0.15, 0.2) is 5.65 Å². The third-order valence-electron chi connectivity index (χ3n) is 6.52.